The summed E-state index contributed by atoms with van der Waals surface area (Å²) in [4.78, 5) is 0. The van der Waals surface area contributed by atoms with Crippen LogP contribution in [-0.4, -0.2) is 33.2 Å². The van der Waals surface area contributed by atoms with Crippen molar-refractivity contribution in [2.45, 2.75) is 64.4 Å². The first-order valence-corrected chi connectivity index (χ1v) is 7.04. The highest BCUT2D eigenvalue weighted by molar-refractivity contribution is 5.11. The second-order valence-corrected chi connectivity index (χ2v) is 5.64. The Labute approximate surface area is 108 Å². The van der Waals surface area contributed by atoms with Gasteiger partial charge in [0.1, 0.15) is 0 Å². The standard InChI is InChI=1S/C14H22N2O2/c1-3-16-10(6-9(2)15-16)7-13(17)12-8-11-4-5-14(12)18-11/h6,11-14,17H,3-5,7-8H2,1-2H3. The van der Waals surface area contributed by atoms with E-state index in [0.29, 0.717) is 24.5 Å². The van der Waals surface area contributed by atoms with Gasteiger partial charge in [-0.2, -0.15) is 5.10 Å². The number of nitrogens with zero attached hydrogens (tertiary/aromatic N) is 2. The van der Waals surface area contributed by atoms with E-state index in [1.54, 1.807) is 0 Å². The SMILES string of the molecule is CCn1nc(C)cc1CC(O)C1CC2CCC1O2. The summed E-state index contributed by atoms with van der Waals surface area (Å²) in [5.41, 5.74) is 2.17. The summed E-state index contributed by atoms with van der Waals surface area (Å²) >= 11 is 0. The first-order chi connectivity index (χ1) is 8.67. The van der Waals surface area contributed by atoms with Gasteiger partial charge < -0.3 is 9.84 Å². The summed E-state index contributed by atoms with van der Waals surface area (Å²) in [5.74, 6) is 0.323. The Morgan fingerprint density at radius 3 is 3.00 bits per heavy atom. The molecule has 0 aromatic carbocycles. The van der Waals surface area contributed by atoms with Gasteiger partial charge >= 0.3 is 0 Å². The van der Waals surface area contributed by atoms with Crippen molar-refractivity contribution in [2.24, 2.45) is 5.92 Å². The van der Waals surface area contributed by atoms with Gasteiger partial charge in [-0.15, -0.1) is 0 Å². The second kappa shape index (κ2) is 4.67. The minimum atomic E-state index is -0.290. The minimum Gasteiger partial charge on any atom is -0.392 e. The Bertz CT molecular complexity index is 429. The molecule has 4 unspecified atom stereocenters. The molecular formula is C14H22N2O2. The fraction of sp³-hybridized carbons (Fsp3) is 0.786. The van der Waals surface area contributed by atoms with Crippen LogP contribution in [0.5, 0.6) is 0 Å². The molecule has 1 N–H and O–H groups in total. The molecule has 1 aromatic heterocycles. The zero-order valence-corrected chi connectivity index (χ0v) is 11.2. The van der Waals surface area contributed by atoms with E-state index in [0.717, 1.165) is 30.8 Å². The van der Waals surface area contributed by atoms with Crippen LogP contribution in [0.4, 0.5) is 0 Å². The largest absolute Gasteiger partial charge is 0.392 e. The van der Waals surface area contributed by atoms with Crippen molar-refractivity contribution < 1.29 is 9.84 Å². The molecule has 0 amide bonds. The van der Waals surface area contributed by atoms with Gasteiger partial charge in [-0.1, -0.05) is 0 Å². The maximum Gasteiger partial charge on any atom is 0.0649 e. The first-order valence-electron chi connectivity index (χ1n) is 7.04. The number of ether oxygens (including phenoxy) is 1. The van der Waals surface area contributed by atoms with Gasteiger partial charge in [0.15, 0.2) is 0 Å². The molecule has 0 saturated carbocycles. The van der Waals surface area contributed by atoms with E-state index in [9.17, 15) is 5.11 Å². The smallest absolute Gasteiger partial charge is 0.0649 e. The van der Waals surface area contributed by atoms with Gasteiger partial charge in [-0.3, -0.25) is 4.68 Å². The van der Waals surface area contributed by atoms with Gasteiger partial charge in [-0.25, -0.2) is 0 Å². The van der Waals surface area contributed by atoms with Crippen LogP contribution in [0, 0.1) is 12.8 Å². The first kappa shape index (κ1) is 12.2. The average molecular weight is 250 g/mol. The molecule has 0 aliphatic carbocycles. The maximum atomic E-state index is 10.4. The molecule has 2 aliphatic heterocycles. The predicted octanol–water partition coefficient (Wildman–Crippen LogP) is 1.68. The summed E-state index contributed by atoms with van der Waals surface area (Å²) < 4.78 is 7.82. The zero-order valence-electron chi connectivity index (χ0n) is 11.2. The van der Waals surface area contributed by atoms with E-state index in [2.05, 4.69) is 18.1 Å². The lowest BCUT2D eigenvalue weighted by Crippen LogP contribution is -2.31. The van der Waals surface area contributed by atoms with E-state index in [-0.39, 0.29) is 6.10 Å². The minimum absolute atomic E-state index is 0.290. The lowest BCUT2D eigenvalue weighted by atomic mass is 9.83. The Hall–Kier alpha value is -0.870. The molecule has 2 fully saturated rings. The van der Waals surface area contributed by atoms with Gasteiger partial charge in [0.05, 0.1) is 24.0 Å². The number of aliphatic hydroxyl groups is 1. The Kier molecular flexibility index (Phi) is 3.16. The summed E-state index contributed by atoms with van der Waals surface area (Å²) in [5, 5.41) is 14.9. The van der Waals surface area contributed by atoms with E-state index in [4.69, 9.17) is 4.74 Å². The zero-order chi connectivity index (χ0) is 12.7. The second-order valence-electron chi connectivity index (χ2n) is 5.64. The van der Waals surface area contributed by atoms with Crippen molar-refractivity contribution in [1.29, 1.82) is 0 Å². The molecular weight excluding hydrogens is 228 g/mol. The van der Waals surface area contributed by atoms with E-state index >= 15 is 0 Å². The Balaban J connectivity index is 1.68. The van der Waals surface area contributed by atoms with Crippen molar-refractivity contribution in [2.75, 3.05) is 0 Å². The molecule has 2 aliphatic rings. The molecule has 3 rings (SSSR count). The molecule has 2 bridgehead atoms. The molecule has 0 spiro atoms. The molecule has 4 atom stereocenters. The number of fused-ring (bicyclic) bond motifs is 2. The third-order valence-electron chi connectivity index (χ3n) is 4.35. The summed E-state index contributed by atoms with van der Waals surface area (Å²) in [6.07, 6.45) is 4.45. The van der Waals surface area contributed by atoms with Crippen LogP contribution in [0.25, 0.3) is 0 Å². The monoisotopic (exact) mass is 250 g/mol. The number of rotatable bonds is 4. The number of aromatic nitrogens is 2. The van der Waals surface area contributed by atoms with Gasteiger partial charge in [0, 0.05) is 24.6 Å². The molecule has 3 heterocycles. The summed E-state index contributed by atoms with van der Waals surface area (Å²) in [6, 6.07) is 2.08. The van der Waals surface area contributed by atoms with Crippen LogP contribution < -0.4 is 0 Å². The lowest BCUT2D eigenvalue weighted by molar-refractivity contribution is 0.0423. The van der Waals surface area contributed by atoms with Crippen LogP contribution in [0.1, 0.15) is 37.6 Å². The third-order valence-corrected chi connectivity index (χ3v) is 4.35. The molecule has 1 aromatic rings. The topological polar surface area (TPSA) is 47.3 Å². The molecule has 4 nitrogen and oxygen atoms in total. The Morgan fingerprint density at radius 2 is 2.39 bits per heavy atom. The Morgan fingerprint density at radius 1 is 1.56 bits per heavy atom. The number of hydrogen-bond acceptors (Lipinski definition) is 3. The quantitative estimate of drug-likeness (QED) is 0.884. The number of aliphatic hydroxyl groups excluding tert-OH is 1. The molecule has 100 valence electrons. The van der Waals surface area contributed by atoms with Crippen molar-refractivity contribution in [3.05, 3.63) is 17.5 Å². The van der Waals surface area contributed by atoms with Gasteiger partial charge in [0.25, 0.3) is 0 Å². The maximum absolute atomic E-state index is 10.4. The van der Waals surface area contributed by atoms with Crippen molar-refractivity contribution in [1.82, 2.24) is 9.78 Å². The van der Waals surface area contributed by atoms with Crippen molar-refractivity contribution in [3.8, 4) is 0 Å². The third kappa shape index (κ3) is 2.08. The fourth-order valence-corrected chi connectivity index (χ4v) is 3.48. The highest BCUT2D eigenvalue weighted by Gasteiger charge is 2.44. The van der Waals surface area contributed by atoms with Crippen LogP contribution in [0.15, 0.2) is 6.07 Å². The highest BCUT2D eigenvalue weighted by atomic mass is 16.5. The van der Waals surface area contributed by atoms with E-state index in [1.807, 2.05) is 11.6 Å². The molecule has 2 saturated heterocycles. The average Bonchev–Trinajstić information content (AvgIpc) is 3.03. The van der Waals surface area contributed by atoms with Gasteiger partial charge in [0.2, 0.25) is 0 Å². The number of aryl methyl sites for hydroxylation is 2. The van der Waals surface area contributed by atoms with Crippen LogP contribution in [0.3, 0.4) is 0 Å². The van der Waals surface area contributed by atoms with Crippen molar-refractivity contribution >= 4 is 0 Å². The summed E-state index contributed by atoms with van der Waals surface area (Å²) in [6.45, 7) is 4.95. The summed E-state index contributed by atoms with van der Waals surface area (Å²) in [7, 11) is 0. The van der Waals surface area contributed by atoms with E-state index in [1.165, 1.54) is 6.42 Å². The normalized spacial score (nSPS) is 32.1. The van der Waals surface area contributed by atoms with Crippen molar-refractivity contribution in [3.63, 3.8) is 0 Å². The molecule has 4 heteroatoms. The van der Waals surface area contributed by atoms with Crippen LogP contribution in [-0.2, 0) is 17.7 Å². The van der Waals surface area contributed by atoms with E-state index < -0.39 is 0 Å². The molecule has 0 radical (unpaired) electrons. The molecule has 18 heavy (non-hydrogen) atoms. The predicted molar refractivity (Wildman–Crippen MR) is 68.4 cm³/mol. The van der Waals surface area contributed by atoms with Crippen LogP contribution in [0.2, 0.25) is 0 Å². The number of hydrogen-bond donors (Lipinski definition) is 1. The highest BCUT2D eigenvalue weighted by Crippen LogP contribution is 2.40. The fourth-order valence-electron chi connectivity index (χ4n) is 3.48. The van der Waals surface area contributed by atoms with Gasteiger partial charge in [-0.05, 0) is 39.2 Å². The lowest BCUT2D eigenvalue weighted by Gasteiger charge is -2.24. The van der Waals surface area contributed by atoms with Crippen LogP contribution >= 0.6 is 0 Å².